The highest BCUT2D eigenvalue weighted by Crippen LogP contribution is 2.31. The van der Waals surface area contributed by atoms with E-state index in [0.717, 1.165) is 10.2 Å². The molecule has 1 aliphatic heterocycles. The zero-order chi connectivity index (χ0) is 10.1. The maximum Gasteiger partial charge on any atom is 0.314 e. The van der Waals surface area contributed by atoms with Gasteiger partial charge in [0.2, 0.25) is 0 Å². The average molecular weight is 259 g/mol. The van der Waals surface area contributed by atoms with Crippen molar-refractivity contribution in [2.45, 2.75) is 18.8 Å². The lowest BCUT2D eigenvalue weighted by Crippen LogP contribution is -2.24. The van der Waals surface area contributed by atoms with Crippen molar-refractivity contribution in [1.82, 2.24) is 10.2 Å². The fourth-order valence-electron chi connectivity index (χ4n) is 1.46. The Hall–Kier alpha value is -1.17. The fraction of sp³-hybridized carbons (Fsp3) is 0.375. The van der Waals surface area contributed by atoms with E-state index in [9.17, 15) is 9.59 Å². The van der Waals surface area contributed by atoms with Crippen molar-refractivity contribution in [3.05, 3.63) is 16.4 Å². The van der Waals surface area contributed by atoms with E-state index in [-0.39, 0.29) is 18.8 Å². The number of hydrogen-bond donors (Lipinski definition) is 1. The van der Waals surface area contributed by atoms with Gasteiger partial charge in [-0.2, -0.15) is 5.10 Å². The van der Waals surface area contributed by atoms with Crippen molar-refractivity contribution in [2.24, 2.45) is 0 Å². The molecule has 0 atom stereocenters. The molecule has 74 valence electrons. The third-order valence-corrected chi connectivity index (χ3v) is 2.71. The van der Waals surface area contributed by atoms with E-state index in [1.54, 1.807) is 6.20 Å². The third kappa shape index (κ3) is 1.70. The minimum Gasteiger partial charge on any atom is -0.393 e. The van der Waals surface area contributed by atoms with Gasteiger partial charge in [-0.3, -0.25) is 14.7 Å². The van der Waals surface area contributed by atoms with Crippen molar-refractivity contribution in [2.75, 3.05) is 0 Å². The Morgan fingerprint density at radius 2 is 2.07 bits per heavy atom. The van der Waals surface area contributed by atoms with Crippen LogP contribution in [0.25, 0.3) is 0 Å². The first kappa shape index (κ1) is 9.39. The van der Waals surface area contributed by atoms with E-state index in [0.29, 0.717) is 0 Å². The smallest absolute Gasteiger partial charge is 0.314 e. The van der Waals surface area contributed by atoms with Crippen LogP contribution in [-0.2, 0) is 14.3 Å². The SMILES string of the molecule is O=C1CC(c2[nH]ncc2Br)CC(=O)O1. The first-order chi connectivity index (χ1) is 6.66. The number of cyclic esters (lactones) is 2. The normalized spacial score (nSPS) is 18.4. The van der Waals surface area contributed by atoms with Crippen molar-refractivity contribution in [3.63, 3.8) is 0 Å². The second kappa shape index (κ2) is 3.53. The number of carbonyl (C=O) groups excluding carboxylic acids is 2. The summed E-state index contributed by atoms with van der Waals surface area (Å²) in [5, 5.41) is 6.57. The number of esters is 2. The van der Waals surface area contributed by atoms with Gasteiger partial charge >= 0.3 is 11.9 Å². The first-order valence-corrected chi connectivity index (χ1v) is 4.88. The number of aromatic nitrogens is 2. The van der Waals surface area contributed by atoms with Crippen LogP contribution in [0, 0.1) is 0 Å². The van der Waals surface area contributed by atoms with Crippen molar-refractivity contribution in [1.29, 1.82) is 0 Å². The number of halogens is 1. The molecule has 0 unspecified atom stereocenters. The van der Waals surface area contributed by atoms with Gasteiger partial charge in [-0.25, -0.2) is 0 Å². The molecule has 2 rings (SSSR count). The molecule has 0 radical (unpaired) electrons. The van der Waals surface area contributed by atoms with Crippen LogP contribution in [-0.4, -0.2) is 22.1 Å². The molecule has 1 fully saturated rings. The lowest BCUT2D eigenvalue weighted by atomic mass is 9.96. The molecule has 6 heteroatoms. The Kier molecular flexibility index (Phi) is 2.37. The van der Waals surface area contributed by atoms with Gasteiger partial charge in [0.15, 0.2) is 0 Å². The quantitative estimate of drug-likeness (QED) is 0.605. The molecule has 0 bridgehead atoms. The number of H-pyrrole nitrogens is 1. The molecule has 1 aliphatic rings. The topological polar surface area (TPSA) is 72.0 Å². The Balaban J connectivity index is 2.23. The molecule has 14 heavy (non-hydrogen) atoms. The van der Waals surface area contributed by atoms with E-state index >= 15 is 0 Å². The zero-order valence-electron chi connectivity index (χ0n) is 7.12. The predicted octanol–water partition coefficient (Wildman–Crippen LogP) is 1.12. The molecule has 0 aliphatic carbocycles. The van der Waals surface area contributed by atoms with Gasteiger partial charge in [-0.15, -0.1) is 0 Å². The van der Waals surface area contributed by atoms with E-state index in [2.05, 4.69) is 30.9 Å². The summed E-state index contributed by atoms with van der Waals surface area (Å²) in [6.07, 6.45) is 2.03. The predicted molar refractivity (Wildman–Crippen MR) is 49.4 cm³/mol. The van der Waals surface area contributed by atoms with E-state index in [1.807, 2.05) is 0 Å². The highest BCUT2D eigenvalue weighted by Gasteiger charge is 2.30. The van der Waals surface area contributed by atoms with Gasteiger partial charge in [0.05, 0.1) is 29.2 Å². The summed E-state index contributed by atoms with van der Waals surface area (Å²) in [4.78, 5) is 22.0. The number of hydrogen-bond acceptors (Lipinski definition) is 4. The number of carbonyl (C=O) groups is 2. The van der Waals surface area contributed by atoms with Crippen LogP contribution < -0.4 is 0 Å². The van der Waals surface area contributed by atoms with Crippen LogP contribution in [0.5, 0.6) is 0 Å². The highest BCUT2D eigenvalue weighted by molar-refractivity contribution is 9.10. The van der Waals surface area contributed by atoms with Gasteiger partial charge in [0.1, 0.15) is 0 Å². The lowest BCUT2D eigenvalue weighted by molar-refractivity contribution is -0.164. The van der Waals surface area contributed by atoms with Crippen molar-refractivity contribution >= 4 is 27.9 Å². The van der Waals surface area contributed by atoms with Crippen LogP contribution in [0.4, 0.5) is 0 Å². The molecule has 0 amide bonds. The second-order valence-corrected chi connectivity index (χ2v) is 3.94. The maximum absolute atomic E-state index is 11.0. The van der Waals surface area contributed by atoms with Crippen LogP contribution in [0.1, 0.15) is 24.5 Å². The fourth-order valence-corrected chi connectivity index (χ4v) is 1.97. The van der Waals surface area contributed by atoms with E-state index < -0.39 is 11.9 Å². The zero-order valence-corrected chi connectivity index (χ0v) is 8.70. The molecule has 5 nitrogen and oxygen atoms in total. The van der Waals surface area contributed by atoms with Crippen molar-refractivity contribution in [3.8, 4) is 0 Å². The molecule has 0 aromatic carbocycles. The minimum absolute atomic E-state index is 0.152. The van der Waals surface area contributed by atoms with Gasteiger partial charge in [0, 0.05) is 5.92 Å². The molecule has 2 heterocycles. The number of nitrogens with one attached hydrogen (secondary N) is 1. The minimum atomic E-state index is -0.479. The first-order valence-electron chi connectivity index (χ1n) is 4.09. The average Bonchev–Trinajstić information content (AvgIpc) is 2.49. The third-order valence-electron chi connectivity index (χ3n) is 2.08. The molecule has 1 N–H and O–H groups in total. The van der Waals surface area contributed by atoms with Crippen LogP contribution >= 0.6 is 15.9 Å². The summed E-state index contributed by atoms with van der Waals surface area (Å²) in [5.74, 6) is -1.11. The molecular formula is C8H7BrN2O3. The van der Waals surface area contributed by atoms with Gasteiger partial charge in [-0.05, 0) is 15.9 Å². The molecule has 1 aromatic rings. The maximum atomic E-state index is 11.0. The Morgan fingerprint density at radius 3 is 2.57 bits per heavy atom. The number of nitrogens with zero attached hydrogens (tertiary/aromatic N) is 1. The summed E-state index contributed by atoms with van der Waals surface area (Å²) in [5.41, 5.74) is 0.773. The summed E-state index contributed by atoms with van der Waals surface area (Å²) in [6.45, 7) is 0. The Labute approximate surface area is 88.0 Å². The van der Waals surface area contributed by atoms with Crippen LogP contribution in [0.15, 0.2) is 10.7 Å². The molecule has 1 saturated heterocycles. The molecule has 0 saturated carbocycles. The Morgan fingerprint density at radius 1 is 1.43 bits per heavy atom. The molecule has 0 spiro atoms. The number of aromatic amines is 1. The van der Waals surface area contributed by atoms with Gasteiger partial charge < -0.3 is 4.74 Å². The monoisotopic (exact) mass is 258 g/mol. The standard InChI is InChI=1S/C8H7BrN2O3/c9-5-3-10-11-8(5)4-1-6(12)14-7(13)2-4/h3-4H,1-2H2,(H,10,11). The van der Waals surface area contributed by atoms with E-state index in [1.165, 1.54) is 0 Å². The van der Waals surface area contributed by atoms with E-state index in [4.69, 9.17) is 0 Å². The largest absolute Gasteiger partial charge is 0.393 e. The van der Waals surface area contributed by atoms with Crippen LogP contribution in [0.2, 0.25) is 0 Å². The number of rotatable bonds is 1. The Bertz CT molecular complexity index is 372. The summed E-state index contributed by atoms with van der Waals surface area (Å²) >= 11 is 3.28. The molecule has 1 aromatic heterocycles. The highest BCUT2D eigenvalue weighted by atomic mass is 79.9. The lowest BCUT2D eigenvalue weighted by Gasteiger charge is -2.18. The van der Waals surface area contributed by atoms with Crippen LogP contribution in [0.3, 0.4) is 0 Å². The second-order valence-electron chi connectivity index (χ2n) is 3.08. The summed E-state index contributed by atoms with van der Waals surface area (Å²) < 4.78 is 5.21. The van der Waals surface area contributed by atoms with Gasteiger partial charge in [-0.1, -0.05) is 0 Å². The summed E-state index contributed by atoms with van der Waals surface area (Å²) in [6, 6.07) is 0. The summed E-state index contributed by atoms with van der Waals surface area (Å²) in [7, 11) is 0. The number of ether oxygens (including phenoxy) is 1. The van der Waals surface area contributed by atoms with Gasteiger partial charge in [0.25, 0.3) is 0 Å². The molecular weight excluding hydrogens is 252 g/mol. The van der Waals surface area contributed by atoms with Crippen molar-refractivity contribution < 1.29 is 14.3 Å².